The molecule has 0 amide bonds. The molecule has 2 aromatic carbocycles. The normalized spacial score (nSPS) is 16.9. The molecule has 2 heterocycles. The first-order valence-corrected chi connectivity index (χ1v) is 11.9. The van der Waals surface area contributed by atoms with Gasteiger partial charge in [-0.25, -0.2) is 22.3 Å². The summed E-state index contributed by atoms with van der Waals surface area (Å²) >= 11 is 6.21. The summed E-state index contributed by atoms with van der Waals surface area (Å²) in [5.74, 6) is -3.04. The summed E-state index contributed by atoms with van der Waals surface area (Å²) in [7, 11) is -4.09. The second kappa shape index (κ2) is 8.91. The predicted octanol–water partition coefficient (Wildman–Crippen LogP) is 4.89. The van der Waals surface area contributed by atoms with Crippen LogP contribution >= 0.6 is 11.6 Å². The molecule has 1 fully saturated rings. The van der Waals surface area contributed by atoms with Crippen LogP contribution in [0.1, 0.15) is 18.4 Å². The molecule has 0 atom stereocenters. The zero-order valence-corrected chi connectivity index (χ0v) is 19.3. The van der Waals surface area contributed by atoms with Crippen molar-refractivity contribution < 1.29 is 30.4 Å². The van der Waals surface area contributed by atoms with Crippen molar-refractivity contribution in [3.05, 3.63) is 47.0 Å². The lowest BCUT2D eigenvalue weighted by Gasteiger charge is -2.30. The Bertz CT molecular complexity index is 1340. The maximum Gasteiger partial charge on any atom is 0.417 e. The molecule has 1 aliphatic heterocycles. The number of rotatable bonds is 5. The molecule has 0 spiro atoms. The number of nitrogens with one attached hydrogen (secondary N) is 2. The van der Waals surface area contributed by atoms with E-state index in [1.807, 2.05) is 0 Å². The standard InChI is InChI=1S/C20H18ClF5N6O2S/c21-15-10-12(28-18-29-17(27)30-31-18)9-14(20(24,25)26)16(15)11-1-3-13(4-2-11)35(33,34)32-7-5-19(22,23)6-8-32/h1-4,9-10H,5-8H2,(H4,27,28,29,30,31). The lowest BCUT2D eigenvalue weighted by Crippen LogP contribution is -2.42. The Hall–Kier alpha value is -2.97. The second-order valence-electron chi connectivity index (χ2n) is 7.83. The highest BCUT2D eigenvalue weighted by molar-refractivity contribution is 7.89. The van der Waals surface area contributed by atoms with Crippen LogP contribution in [0.2, 0.25) is 5.02 Å². The van der Waals surface area contributed by atoms with Crippen LogP contribution in [0.4, 0.5) is 39.5 Å². The topological polar surface area (TPSA) is 117 Å². The number of sulfonamides is 1. The molecule has 188 valence electrons. The van der Waals surface area contributed by atoms with Gasteiger partial charge in [-0.05, 0) is 29.8 Å². The zero-order chi connectivity index (χ0) is 25.6. The first-order valence-electron chi connectivity index (χ1n) is 10.1. The molecule has 1 aromatic heterocycles. The monoisotopic (exact) mass is 536 g/mol. The lowest BCUT2D eigenvalue weighted by atomic mass is 9.98. The Kier molecular flexibility index (Phi) is 6.40. The van der Waals surface area contributed by atoms with Crippen molar-refractivity contribution in [1.29, 1.82) is 0 Å². The first-order chi connectivity index (χ1) is 16.3. The molecule has 15 heteroatoms. The van der Waals surface area contributed by atoms with Gasteiger partial charge in [0.05, 0.1) is 15.5 Å². The van der Waals surface area contributed by atoms with Gasteiger partial charge < -0.3 is 11.1 Å². The van der Waals surface area contributed by atoms with Gasteiger partial charge in [0, 0.05) is 37.2 Å². The van der Waals surface area contributed by atoms with E-state index in [1.54, 1.807) is 0 Å². The van der Waals surface area contributed by atoms with Gasteiger partial charge >= 0.3 is 6.18 Å². The predicted molar refractivity (Wildman–Crippen MR) is 119 cm³/mol. The maximum atomic E-state index is 13.9. The number of nitrogen functional groups attached to an aromatic ring is 1. The number of benzene rings is 2. The number of H-pyrrole nitrogens is 1. The highest BCUT2D eigenvalue weighted by Gasteiger charge is 2.39. The number of halogens is 6. The number of alkyl halides is 5. The fraction of sp³-hybridized carbons (Fsp3) is 0.300. The molecular formula is C20H18ClF5N6O2S. The van der Waals surface area contributed by atoms with E-state index < -0.39 is 40.5 Å². The number of piperidine rings is 1. The van der Waals surface area contributed by atoms with Gasteiger partial charge in [-0.3, -0.25) is 0 Å². The average Bonchev–Trinajstić information content (AvgIpc) is 3.17. The third-order valence-electron chi connectivity index (χ3n) is 5.39. The Morgan fingerprint density at radius 3 is 2.29 bits per heavy atom. The Morgan fingerprint density at radius 1 is 1.11 bits per heavy atom. The van der Waals surface area contributed by atoms with Gasteiger partial charge in [-0.1, -0.05) is 23.7 Å². The fourth-order valence-electron chi connectivity index (χ4n) is 3.65. The smallest absolute Gasteiger partial charge is 0.368 e. The van der Waals surface area contributed by atoms with Crippen LogP contribution in [0.3, 0.4) is 0 Å². The molecule has 35 heavy (non-hydrogen) atoms. The van der Waals surface area contributed by atoms with Gasteiger partial charge in [0.2, 0.25) is 21.9 Å². The van der Waals surface area contributed by atoms with Crippen molar-refractivity contribution in [3.8, 4) is 11.1 Å². The molecule has 1 saturated heterocycles. The minimum Gasteiger partial charge on any atom is -0.368 e. The zero-order valence-electron chi connectivity index (χ0n) is 17.7. The number of aromatic nitrogens is 3. The summed E-state index contributed by atoms with van der Waals surface area (Å²) in [6.07, 6.45) is -6.01. The summed E-state index contributed by atoms with van der Waals surface area (Å²) < 4.78 is 95.0. The van der Waals surface area contributed by atoms with Crippen LogP contribution in [0.15, 0.2) is 41.3 Å². The Balaban J connectivity index is 1.66. The molecule has 0 aliphatic carbocycles. The van der Waals surface area contributed by atoms with Crippen molar-refractivity contribution in [2.75, 3.05) is 24.1 Å². The van der Waals surface area contributed by atoms with E-state index in [9.17, 15) is 30.4 Å². The molecule has 4 rings (SSSR count). The van der Waals surface area contributed by atoms with Crippen molar-refractivity contribution in [2.24, 2.45) is 0 Å². The summed E-state index contributed by atoms with van der Waals surface area (Å²) in [4.78, 5) is 3.54. The summed E-state index contributed by atoms with van der Waals surface area (Å²) in [6.45, 7) is -0.710. The fourth-order valence-corrected chi connectivity index (χ4v) is 5.42. The molecule has 3 aromatic rings. The van der Waals surface area contributed by atoms with Crippen molar-refractivity contribution >= 4 is 39.2 Å². The van der Waals surface area contributed by atoms with E-state index in [4.69, 9.17) is 17.3 Å². The average molecular weight is 537 g/mol. The van der Waals surface area contributed by atoms with Crippen LogP contribution < -0.4 is 11.1 Å². The molecule has 0 radical (unpaired) electrons. The lowest BCUT2D eigenvalue weighted by molar-refractivity contribution is -0.137. The highest BCUT2D eigenvalue weighted by atomic mass is 35.5. The van der Waals surface area contributed by atoms with Crippen LogP contribution in [0, 0.1) is 0 Å². The number of nitrogens with two attached hydrogens (primary N) is 1. The van der Waals surface area contributed by atoms with Crippen LogP contribution in [-0.4, -0.2) is 46.9 Å². The summed E-state index contributed by atoms with van der Waals surface area (Å²) in [6, 6.07) is 6.66. The summed E-state index contributed by atoms with van der Waals surface area (Å²) in [5.41, 5.74) is 3.93. The van der Waals surface area contributed by atoms with E-state index in [0.717, 1.165) is 22.5 Å². The van der Waals surface area contributed by atoms with Crippen LogP contribution in [0.25, 0.3) is 11.1 Å². The second-order valence-corrected chi connectivity index (χ2v) is 10.2. The van der Waals surface area contributed by atoms with Gasteiger partial charge in [0.25, 0.3) is 5.92 Å². The van der Waals surface area contributed by atoms with Crippen LogP contribution in [-0.2, 0) is 16.2 Å². The number of anilines is 3. The van der Waals surface area contributed by atoms with Gasteiger partial charge in [-0.15, -0.1) is 5.10 Å². The van der Waals surface area contributed by atoms with Gasteiger partial charge in [0.1, 0.15) is 0 Å². The summed E-state index contributed by atoms with van der Waals surface area (Å²) in [5, 5.41) is 8.34. The molecule has 0 saturated carbocycles. The molecule has 1 aliphatic rings. The molecule has 8 nitrogen and oxygen atoms in total. The maximum absolute atomic E-state index is 13.9. The first kappa shape index (κ1) is 25.1. The van der Waals surface area contributed by atoms with E-state index in [1.165, 1.54) is 18.2 Å². The Morgan fingerprint density at radius 2 is 1.74 bits per heavy atom. The number of hydrogen-bond donors (Lipinski definition) is 3. The van der Waals surface area contributed by atoms with E-state index in [2.05, 4.69) is 20.5 Å². The molecular weight excluding hydrogens is 519 g/mol. The largest absolute Gasteiger partial charge is 0.417 e. The number of hydrogen-bond acceptors (Lipinski definition) is 6. The number of nitrogens with zero attached hydrogens (tertiary/aromatic N) is 3. The Labute approximate surface area is 201 Å². The molecule has 4 N–H and O–H groups in total. The van der Waals surface area contributed by atoms with Crippen LogP contribution in [0.5, 0.6) is 0 Å². The molecule has 0 bridgehead atoms. The highest BCUT2D eigenvalue weighted by Crippen LogP contribution is 2.43. The van der Waals surface area contributed by atoms with Crippen molar-refractivity contribution in [1.82, 2.24) is 19.5 Å². The van der Waals surface area contributed by atoms with Gasteiger partial charge in [-0.2, -0.15) is 22.5 Å². The SMILES string of the molecule is Nc1nc(Nc2cc(Cl)c(-c3ccc(S(=O)(=O)N4CCC(F)(F)CC4)cc3)c(C(F)(F)F)c2)n[nH]1. The van der Waals surface area contributed by atoms with Crippen molar-refractivity contribution in [3.63, 3.8) is 0 Å². The quantitative estimate of drug-likeness (QED) is 0.400. The minimum atomic E-state index is -4.81. The number of aromatic amines is 1. The van der Waals surface area contributed by atoms with E-state index in [0.29, 0.717) is 0 Å². The third-order valence-corrected chi connectivity index (χ3v) is 7.60. The third kappa shape index (κ3) is 5.33. The van der Waals surface area contributed by atoms with E-state index in [-0.39, 0.29) is 51.7 Å². The van der Waals surface area contributed by atoms with Gasteiger partial charge in [0.15, 0.2) is 0 Å². The van der Waals surface area contributed by atoms with Crippen molar-refractivity contribution in [2.45, 2.75) is 29.8 Å². The minimum absolute atomic E-state index is 0.0140. The van der Waals surface area contributed by atoms with E-state index >= 15 is 0 Å². The molecule has 0 unspecified atom stereocenters.